The van der Waals surface area contributed by atoms with E-state index in [1.54, 1.807) is 0 Å². The van der Waals surface area contributed by atoms with Crippen molar-refractivity contribution in [3.63, 3.8) is 0 Å². The molecule has 0 saturated carbocycles. The van der Waals surface area contributed by atoms with Crippen LogP contribution in [0.5, 0.6) is 5.75 Å². The van der Waals surface area contributed by atoms with E-state index in [2.05, 4.69) is 57.3 Å². The van der Waals surface area contributed by atoms with Gasteiger partial charge in [0.1, 0.15) is 5.75 Å². The van der Waals surface area contributed by atoms with Crippen molar-refractivity contribution in [2.24, 2.45) is 0 Å². The van der Waals surface area contributed by atoms with E-state index in [0.29, 0.717) is 5.92 Å². The normalized spacial score (nSPS) is 12.7. The molecule has 1 unspecified atom stereocenters. The molecule has 0 saturated heterocycles. The predicted octanol–water partition coefficient (Wildman–Crippen LogP) is 3.97. The summed E-state index contributed by atoms with van der Waals surface area (Å²) in [5.74, 6) is 1.56. The van der Waals surface area contributed by atoms with Crippen LogP contribution in [-0.2, 0) is 0 Å². The summed E-state index contributed by atoms with van der Waals surface area (Å²) >= 11 is 0. The first-order valence-electron chi connectivity index (χ1n) is 7.10. The van der Waals surface area contributed by atoms with E-state index in [1.807, 2.05) is 0 Å². The smallest absolute Gasteiger partial charge is 0.119 e. The molecule has 0 bridgehead atoms. The zero-order chi connectivity index (χ0) is 13.4. The predicted molar refractivity (Wildman–Crippen MR) is 78.4 cm³/mol. The van der Waals surface area contributed by atoms with E-state index < -0.39 is 0 Å². The second-order valence-electron chi connectivity index (χ2n) is 5.18. The highest BCUT2D eigenvalue weighted by Crippen LogP contribution is 2.22. The Balaban J connectivity index is 2.41. The maximum Gasteiger partial charge on any atom is 0.119 e. The van der Waals surface area contributed by atoms with Crippen molar-refractivity contribution in [2.75, 3.05) is 13.1 Å². The van der Waals surface area contributed by atoms with Crippen molar-refractivity contribution in [1.82, 2.24) is 5.32 Å². The van der Waals surface area contributed by atoms with E-state index in [0.717, 1.165) is 18.8 Å². The van der Waals surface area contributed by atoms with Gasteiger partial charge in [-0.1, -0.05) is 26.0 Å². The summed E-state index contributed by atoms with van der Waals surface area (Å²) in [5.41, 5.74) is 1.39. The lowest BCUT2D eigenvalue weighted by atomic mass is 9.98. The van der Waals surface area contributed by atoms with Crippen LogP contribution in [0, 0.1) is 0 Å². The van der Waals surface area contributed by atoms with Crippen molar-refractivity contribution >= 4 is 0 Å². The number of nitrogens with one attached hydrogen (secondary N) is 1. The van der Waals surface area contributed by atoms with E-state index in [9.17, 15) is 0 Å². The molecular weight excluding hydrogens is 222 g/mol. The van der Waals surface area contributed by atoms with Crippen LogP contribution in [0.3, 0.4) is 0 Å². The topological polar surface area (TPSA) is 21.3 Å². The van der Waals surface area contributed by atoms with E-state index >= 15 is 0 Å². The Morgan fingerprint density at radius 1 is 1.06 bits per heavy atom. The van der Waals surface area contributed by atoms with Crippen LogP contribution in [-0.4, -0.2) is 19.2 Å². The summed E-state index contributed by atoms with van der Waals surface area (Å²) in [5, 5.41) is 3.45. The highest BCUT2D eigenvalue weighted by atomic mass is 16.5. The fraction of sp³-hybridized carbons (Fsp3) is 0.625. The Morgan fingerprint density at radius 3 is 2.28 bits per heavy atom. The average molecular weight is 249 g/mol. The van der Waals surface area contributed by atoms with Crippen molar-refractivity contribution in [1.29, 1.82) is 0 Å². The van der Waals surface area contributed by atoms with Crippen LogP contribution >= 0.6 is 0 Å². The SMILES string of the molecule is CCCNCCC(C)c1ccc(OC(C)C)cc1. The molecule has 2 heteroatoms. The molecule has 0 spiro atoms. The summed E-state index contributed by atoms with van der Waals surface area (Å²) < 4.78 is 5.65. The molecule has 2 nitrogen and oxygen atoms in total. The standard InChI is InChI=1S/C16H27NO/c1-5-11-17-12-10-14(4)15-6-8-16(9-7-15)18-13(2)3/h6-9,13-14,17H,5,10-12H2,1-4H3. The van der Waals surface area contributed by atoms with Gasteiger partial charge in [-0.05, 0) is 63.4 Å². The van der Waals surface area contributed by atoms with E-state index in [-0.39, 0.29) is 6.10 Å². The van der Waals surface area contributed by atoms with Crippen molar-refractivity contribution in [3.05, 3.63) is 29.8 Å². The minimum absolute atomic E-state index is 0.242. The third-order valence-electron chi connectivity index (χ3n) is 3.00. The molecule has 1 rings (SSSR count). The molecule has 0 aliphatic heterocycles. The van der Waals surface area contributed by atoms with Crippen molar-refractivity contribution in [3.8, 4) is 5.75 Å². The molecule has 1 aromatic rings. The molecule has 0 radical (unpaired) electrons. The van der Waals surface area contributed by atoms with Crippen LogP contribution in [0.15, 0.2) is 24.3 Å². The summed E-state index contributed by atoms with van der Waals surface area (Å²) in [7, 11) is 0. The summed E-state index contributed by atoms with van der Waals surface area (Å²) in [6.07, 6.45) is 2.63. The Labute approximate surface area is 112 Å². The molecule has 18 heavy (non-hydrogen) atoms. The van der Waals surface area contributed by atoms with Gasteiger partial charge in [0.2, 0.25) is 0 Å². The second-order valence-corrected chi connectivity index (χ2v) is 5.18. The number of benzene rings is 1. The van der Waals surface area contributed by atoms with Gasteiger partial charge >= 0.3 is 0 Å². The van der Waals surface area contributed by atoms with Crippen molar-refractivity contribution in [2.45, 2.75) is 52.6 Å². The Kier molecular flexibility index (Phi) is 6.81. The number of rotatable bonds is 8. The molecule has 1 aromatic carbocycles. The van der Waals surface area contributed by atoms with Crippen molar-refractivity contribution < 1.29 is 4.74 Å². The maximum atomic E-state index is 5.65. The zero-order valence-electron chi connectivity index (χ0n) is 12.2. The summed E-state index contributed by atoms with van der Waals surface area (Å²) in [6, 6.07) is 8.51. The first-order chi connectivity index (χ1) is 8.63. The Morgan fingerprint density at radius 2 is 1.72 bits per heavy atom. The van der Waals surface area contributed by atoms with Crippen LogP contribution in [0.2, 0.25) is 0 Å². The summed E-state index contributed by atoms with van der Waals surface area (Å²) in [4.78, 5) is 0. The van der Waals surface area contributed by atoms with Crippen LogP contribution in [0.4, 0.5) is 0 Å². The van der Waals surface area contributed by atoms with Gasteiger partial charge in [0.25, 0.3) is 0 Å². The van der Waals surface area contributed by atoms with Gasteiger partial charge < -0.3 is 10.1 Å². The Bertz CT molecular complexity index is 318. The fourth-order valence-corrected chi connectivity index (χ4v) is 1.93. The molecule has 0 aliphatic carbocycles. The molecule has 1 atom stereocenters. The van der Waals surface area contributed by atoms with E-state index in [4.69, 9.17) is 4.74 Å². The highest BCUT2D eigenvalue weighted by molar-refractivity contribution is 5.29. The average Bonchev–Trinajstić information content (AvgIpc) is 2.34. The van der Waals surface area contributed by atoms with Gasteiger partial charge in [0.05, 0.1) is 6.10 Å². The maximum absolute atomic E-state index is 5.65. The van der Waals surface area contributed by atoms with Gasteiger partial charge in [0.15, 0.2) is 0 Å². The monoisotopic (exact) mass is 249 g/mol. The van der Waals surface area contributed by atoms with Gasteiger partial charge in [-0.15, -0.1) is 0 Å². The molecule has 1 N–H and O–H groups in total. The largest absolute Gasteiger partial charge is 0.491 e. The lowest BCUT2D eigenvalue weighted by Gasteiger charge is -2.14. The molecule has 0 heterocycles. The van der Waals surface area contributed by atoms with Crippen LogP contribution < -0.4 is 10.1 Å². The first kappa shape index (κ1) is 15.0. The molecule has 102 valence electrons. The number of hydrogen-bond acceptors (Lipinski definition) is 2. The molecule has 0 aromatic heterocycles. The zero-order valence-corrected chi connectivity index (χ0v) is 12.2. The minimum atomic E-state index is 0.242. The molecule has 0 fully saturated rings. The highest BCUT2D eigenvalue weighted by Gasteiger charge is 2.05. The quantitative estimate of drug-likeness (QED) is 0.704. The molecular formula is C16H27NO. The van der Waals surface area contributed by atoms with Gasteiger partial charge in [-0.25, -0.2) is 0 Å². The van der Waals surface area contributed by atoms with Gasteiger partial charge in [-0.3, -0.25) is 0 Å². The number of hydrogen-bond donors (Lipinski definition) is 1. The van der Waals surface area contributed by atoms with Crippen LogP contribution in [0.1, 0.15) is 52.0 Å². The summed E-state index contributed by atoms with van der Waals surface area (Å²) in [6.45, 7) is 10.8. The van der Waals surface area contributed by atoms with Crippen LogP contribution in [0.25, 0.3) is 0 Å². The Hall–Kier alpha value is -1.02. The fourth-order valence-electron chi connectivity index (χ4n) is 1.93. The lowest BCUT2D eigenvalue weighted by molar-refractivity contribution is 0.242. The lowest BCUT2D eigenvalue weighted by Crippen LogP contribution is -2.17. The second kappa shape index (κ2) is 8.15. The number of ether oxygens (including phenoxy) is 1. The minimum Gasteiger partial charge on any atom is -0.491 e. The molecule has 0 aliphatic rings. The van der Waals surface area contributed by atoms with Gasteiger partial charge in [0, 0.05) is 0 Å². The van der Waals surface area contributed by atoms with Gasteiger partial charge in [-0.2, -0.15) is 0 Å². The van der Waals surface area contributed by atoms with E-state index in [1.165, 1.54) is 18.4 Å². The third-order valence-corrected chi connectivity index (χ3v) is 3.00. The molecule has 0 amide bonds. The third kappa shape index (κ3) is 5.54. The first-order valence-corrected chi connectivity index (χ1v) is 7.10.